The Hall–Kier alpha value is -1.96. The summed E-state index contributed by atoms with van der Waals surface area (Å²) < 4.78 is 5.64. The van der Waals surface area contributed by atoms with Crippen LogP contribution in [0.4, 0.5) is 0 Å². The maximum absolute atomic E-state index is 12.8. The number of allylic oxidation sites excluding steroid dienone is 3. The Morgan fingerprint density at radius 3 is 2.71 bits per heavy atom. The molecule has 6 heteroatoms. The summed E-state index contributed by atoms with van der Waals surface area (Å²) in [5.41, 5.74) is 6.98. The SMILES string of the molecule is CC1(C)CC(=O)C2=C(C1)OC(N)=C(C#N)C2c1cc(Cl)ccc1Cl. The molecule has 3 rings (SSSR count). The van der Waals surface area contributed by atoms with E-state index < -0.39 is 5.92 Å². The highest BCUT2D eigenvalue weighted by molar-refractivity contribution is 6.33. The molecule has 4 nitrogen and oxygen atoms in total. The van der Waals surface area contributed by atoms with Crippen LogP contribution in [-0.2, 0) is 9.53 Å². The second-order valence-electron chi connectivity index (χ2n) is 6.87. The van der Waals surface area contributed by atoms with Crippen LogP contribution in [0.25, 0.3) is 0 Å². The van der Waals surface area contributed by atoms with Crippen LogP contribution in [0.1, 0.15) is 38.2 Å². The number of Topliss-reactive ketones (excluding diaryl/α,β-unsaturated/α-hetero) is 1. The van der Waals surface area contributed by atoms with Crippen molar-refractivity contribution in [2.24, 2.45) is 11.1 Å². The zero-order chi connectivity index (χ0) is 17.6. The van der Waals surface area contributed by atoms with Gasteiger partial charge in [0.05, 0.1) is 5.92 Å². The number of hydrogen-bond acceptors (Lipinski definition) is 4. The summed E-state index contributed by atoms with van der Waals surface area (Å²) in [5.74, 6) is -0.160. The minimum absolute atomic E-state index is 0.0165. The molecule has 0 bridgehead atoms. The lowest BCUT2D eigenvalue weighted by Gasteiger charge is -2.37. The summed E-state index contributed by atoms with van der Waals surface area (Å²) in [5, 5.41) is 10.5. The van der Waals surface area contributed by atoms with Crippen molar-refractivity contribution >= 4 is 29.0 Å². The number of rotatable bonds is 1. The summed E-state index contributed by atoms with van der Waals surface area (Å²) in [6.07, 6.45) is 0.949. The molecule has 1 atom stereocenters. The molecule has 1 aromatic carbocycles. The number of ether oxygens (including phenoxy) is 1. The van der Waals surface area contributed by atoms with Crippen LogP contribution in [0, 0.1) is 16.7 Å². The number of nitriles is 1. The second-order valence-corrected chi connectivity index (χ2v) is 7.71. The minimum Gasteiger partial charge on any atom is -0.444 e. The van der Waals surface area contributed by atoms with Crippen LogP contribution in [0.2, 0.25) is 10.0 Å². The predicted molar refractivity (Wildman–Crippen MR) is 92.2 cm³/mol. The third-order valence-electron chi connectivity index (χ3n) is 4.34. The fourth-order valence-electron chi connectivity index (χ4n) is 3.33. The molecule has 0 amide bonds. The highest BCUT2D eigenvalue weighted by Gasteiger charge is 2.43. The second kappa shape index (κ2) is 5.84. The number of hydrogen-bond donors (Lipinski definition) is 1. The summed E-state index contributed by atoms with van der Waals surface area (Å²) in [6.45, 7) is 4.00. The van der Waals surface area contributed by atoms with Gasteiger partial charge in [0.25, 0.3) is 0 Å². The molecule has 2 aliphatic rings. The van der Waals surface area contributed by atoms with Crippen LogP contribution >= 0.6 is 23.2 Å². The molecule has 124 valence electrons. The number of nitrogens with zero attached hydrogens (tertiary/aromatic N) is 1. The minimum atomic E-state index is -0.645. The van der Waals surface area contributed by atoms with Crippen LogP contribution in [-0.4, -0.2) is 5.78 Å². The van der Waals surface area contributed by atoms with Gasteiger partial charge < -0.3 is 10.5 Å². The van der Waals surface area contributed by atoms with Crippen molar-refractivity contribution in [3.8, 4) is 6.07 Å². The summed E-state index contributed by atoms with van der Waals surface area (Å²) in [7, 11) is 0. The van der Waals surface area contributed by atoms with Gasteiger partial charge in [-0.3, -0.25) is 4.79 Å². The van der Waals surface area contributed by atoms with E-state index in [-0.39, 0.29) is 22.7 Å². The van der Waals surface area contributed by atoms with Gasteiger partial charge in [-0.05, 0) is 29.2 Å². The Balaban J connectivity index is 2.24. The summed E-state index contributed by atoms with van der Waals surface area (Å²) >= 11 is 12.4. The van der Waals surface area contributed by atoms with Crippen LogP contribution < -0.4 is 5.73 Å². The third-order valence-corrected chi connectivity index (χ3v) is 4.92. The Morgan fingerprint density at radius 1 is 1.33 bits per heavy atom. The van der Waals surface area contributed by atoms with Gasteiger partial charge in [-0.25, -0.2) is 0 Å². The first-order chi connectivity index (χ1) is 11.2. The third kappa shape index (κ3) is 2.79. The van der Waals surface area contributed by atoms with Crippen molar-refractivity contribution in [1.29, 1.82) is 5.26 Å². The number of ketones is 1. The maximum Gasteiger partial charge on any atom is 0.205 e. The molecule has 0 saturated carbocycles. The maximum atomic E-state index is 12.8. The Labute approximate surface area is 150 Å². The number of benzene rings is 1. The lowest BCUT2D eigenvalue weighted by Crippen LogP contribution is -2.33. The van der Waals surface area contributed by atoms with E-state index in [1.165, 1.54) is 0 Å². The number of carbonyl (C=O) groups is 1. The van der Waals surface area contributed by atoms with Gasteiger partial charge in [0.2, 0.25) is 5.88 Å². The lowest BCUT2D eigenvalue weighted by molar-refractivity contribution is -0.119. The van der Waals surface area contributed by atoms with Crippen LogP contribution in [0.3, 0.4) is 0 Å². The molecule has 0 saturated heterocycles. The molecular weight excluding hydrogens is 347 g/mol. The topological polar surface area (TPSA) is 76.1 Å². The molecule has 1 heterocycles. The quantitative estimate of drug-likeness (QED) is 0.800. The van der Waals surface area contributed by atoms with Crippen molar-refractivity contribution in [2.45, 2.75) is 32.6 Å². The number of halogens is 2. The molecule has 0 spiro atoms. The van der Waals surface area contributed by atoms with E-state index in [9.17, 15) is 10.1 Å². The van der Waals surface area contributed by atoms with Crippen molar-refractivity contribution < 1.29 is 9.53 Å². The molecule has 0 fully saturated rings. The van der Waals surface area contributed by atoms with E-state index >= 15 is 0 Å². The van der Waals surface area contributed by atoms with Crippen molar-refractivity contribution in [3.05, 3.63) is 56.6 Å². The van der Waals surface area contributed by atoms with E-state index in [1.807, 2.05) is 13.8 Å². The largest absolute Gasteiger partial charge is 0.444 e. The first kappa shape index (κ1) is 16.9. The van der Waals surface area contributed by atoms with Gasteiger partial charge in [0.1, 0.15) is 17.4 Å². The molecule has 2 N–H and O–H groups in total. The fraction of sp³-hybridized carbons (Fsp3) is 0.333. The van der Waals surface area contributed by atoms with Gasteiger partial charge in [0, 0.05) is 28.5 Å². The Kier molecular flexibility index (Phi) is 4.11. The molecule has 1 aliphatic carbocycles. The molecule has 1 aromatic rings. The summed E-state index contributed by atoms with van der Waals surface area (Å²) in [4.78, 5) is 12.8. The van der Waals surface area contributed by atoms with E-state index in [0.29, 0.717) is 39.8 Å². The van der Waals surface area contributed by atoms with Gasteiger partial charge in [-0.1, -0.05) is 37.0 Å². The number of carbonyl (C=O) groups excluding carboxylic acids is 1. The van der Waals surface area contributed by atoms with Gasteiger partial charge in [-0.15, -0.1) is 0 Å². The predicted octanol–water partition coefficient (Wildman–Crippen LogP) is 4.44. The smallest absolute Gasteiger partial charge is 0.205 e. The first-order valence-electron chi connectivity index (χ1n) is 7.52. The van der Waals surface area contributed by atoms with Crippen molar-refractivity contribution in [3.63, 3.8) is 0 Å². The average Bonchev–Trinajstić information content (AvgIpc) is 2.47. The Bertz CT molecular complexity index is 847. The highest BCUT2D eigenvalue weighted by Crippen LogP contribution is 2.49. The molecular formula is C18H16Cl2N2O2. The first-order valence-corrected chi connectivity index (χ1v) is 8.28. The molecule has 1 aliphatic heterocycles. The monoisotopic (exact) mass is 362 g/mol. The van der Waals surface area contributed by atoms with E-state index in [2.05, 4.69) is 6.07 Å². The fourth-order valence-corrected chi connectivity index (χ4v) is 3.74. The van der Waals surface area contributed by atoms with E-state index in [0.717, 1.165) is 0 Å². The van der Waals surface area contributed by atoms with Crippen LogP contribution in [0.5, 0.6) is 0 Å². The van der Waals surface area contributed by atoms with Gasteiger partial charge >= 0.3 is 0 Å². The van der Waals surface area contributed by atoms with Gasteiger partial charge in [0.15, 0.2) is 5.78 Å². The summed E-state index contributed by atoms with van der Waals surface area (Å²) in [6, 6.07) is 7.04. The highest BCUT2D eigenvalue weighted by atomic mass is 35.5. The van der Waals surface area contributed by atoms with E-state index in [4.69, 9.17) is 33.7 Å². The van der Waals surface area contributed by atoms with Crippen LogP contribution in [0.15, 0.2) is 41.0 Å². The zero-order valence-electron chi connectivity index (χ0n) is 13.3. The van der Waals surface area contributed by atoms with E-state index in [1.54, 1.807) is 18.2 Å². The van der Waals surface area contributed by atoms with Crippen molar-refractivity contribution in [2.75, 3.05) is 0 Å². The van der Waals surface area contributed by atoms with Gasteiger partial charge in [-0.2, -0.15) is 5.26 Å². The normalized spacial score (nSPS) is 22.8. The number of nitrogens with two attached hydrogens (primary N) is 1. The Morgan fingerprint density at radius 2 is 2.04 bits per heavy atom. The molecule has 0 aromatic heterocycles. The molecule has 0 radical (unpaired) electrons. The average molecular weight is 363 g/mol. The standard InChI is InChI=1S/C18H16Cl2N2O2/c1-18(2)6-13(23)16-14(7-18)24-17(22)11(8-21)15(16)10-5-9(19)3-4-12(10)20/h3-5,15H,6-7,22H2,1-2H3. The molecule has 24 heavy (non-hydrogen) atoms. The van der Waals surface area contributed by atoms with Crippen molar-refractivity contribution in [1.82, 2.24) is 0 Å². The zero-order valence-corrected chi connectivity index (χ0v) is 14.8. The lowest BCUT2D eigenvalue weighted by atomic mass is 9.70. The molecule has 1 unspecified atom stereocenters.